The first-order valence-electron chi connectivity index (χ1n) is 6.79. The number of hydrogen-bond donors (Lipinski definition) is 1. The molecule has 0 aromatic heterocycles. The maximum Gasteiger partial charge on any atom is 0.300 e. The van der Waals surface area contributed by atoms with Crippen molar-refractivity contribution in [3.63, 3.8) is 0 Å². The summed E-state index contributed by atoms with van der Waals surface area (Å²) in [6, 6.07) is 4.73. The Labute approximate surface area is 133 Å². The lowest BCUT2D eigenvalue weighted by atomic mass is 9.96. The third-order valence-electron chi connectivity index (χ3n) is 4.21. The SMILES string of the molecule is CC(C)(CCc1cc(Br)ccc1C(=O)C(F)F)[Si](C)(C)O. The molecular weight excluding hydrogens is 358 g/mol. The molecule has 0 radical (unpaired) electrons. The third-order valence-corrected chi connectivity index (χ3v) is 8.26. The normalized spacial score (nSPS) is 12.8. The van der Waals surface area contributed by atoms with Gasteiger partial charge in [-0.1, -0.05) is 29.8 Å². The highest BCUT2D eigenvalue weighted by Gasteiger charge is 2.37. The first-order chi connectivity index (χ1) is 9.45. The van der Waals surface area contributed by atoms with Crippen molar-refractivity contribution in [1.82, 2.24) is 0 Å². The van der Waals surface area contributed by atoms with Crippen LogP contribution in [0.15, 0.2) is 22.7 Å². The molecule has 118 valence electrons. The molecule has 0 aliphatic heterocycles. The number of ketones is 1. The van der Waals surface area contributed by atoms with Crippen molar-refractivity contribution in [3.8, 4) is 0 Å². The van der Waals surface area contributed by atoms with Gasteiger partial charge in [0.15, 0.2) is 8.32 Å². The molecule has 0 atom stereocenters. The van der Waals surface area contributed by atoms with Crippen molar-refractivity contribution >= 4 is 30.0 Å². The maximum atomic E-state index is 12.7. The first kappa shape index (κ1) is 18.5. The van der Waals surface area contributed by atoms with Crippen LogP contribution in [0.2, 0.25) is 18.1 Å². The van der Waals surface area contributed by atoms with Gasteiger partial charge in [-0.15, -0.1) is 0 Å². The Hall–Kier alpha value is -0.593. The highest BCUT2D eigenvalue weighted by molar-refractivity contribution is 9.10. The number of alkyl halides is 2. The molecule has 21 heavy (non-hydrogen) atoms. The van der Waals surface area contributed by atoms with Crippen molar-refractivity contribution in [2.75, 3.05) is 0 Å². The zero-order chi connectivity index (χ0) is 16.4. The van der Waals surface area contributed by atoms with E-state index in [9.17, 15) is 18.4 Å². The Morgan fingerprint density at radius 1 is 1.38 bits per heavy atom. The molecule has 2 nitrogen and oxygen atoms in total. The molecule has 1 aromatic rings. The van der Waals surface area contributed by atoms with Crippen LogP contribution in [0.5, 0.6) is 0 Å². The van der Waals surface area contributed by atoms with E-state index in [2.05, 4.69) is 15.9 Å². The van der Waals surface area contributed by atoms with Crippen molar-refractivity contribution in [2.24, 2.45) is 0 Å². The Balaban J connectivity index is 3.03. The molecule has 1 aromatic carbocycles. The average molecular weight is 379 g/mol. The van der Waals surface area contributed by atoms with E-state index in [1.54, 1.807) is 12.1 Å². The Morgan fingerprint density at radius 2 is 1.95 bits per heavy atom. The minimum Gasteiger partial charge on any atom is -0.432 e. The van der Waals surface area contributed by atoms with E-state index in [4.69, 9.17) is 0 Å². The van der Waals surface area contributed by atoms with E-state index >= 15 is 0 Å². The Morgan fingerprint density at radius 3 is 2.43 bits per heavy atom. The van der Waals surface area contributed by atoms with Gasteiger partial charge in [0.25, 0.3) is 0 Å². The predicted octanol–water partition coefficient (Wildman–Crippen LogP) is 4.81. The molecule has 1 N–H and O–H groups in total. The fourth-order valence-electron chi connectivity index (χ4n) is 1.88. The van der Waals surface area contributed by atoms with Crippen molar-refractivity contribution in [2.45, 2.75) is 51.2 Å². The number of rotatable bonds is 6. The van der Waals surface area contributed by atoms with E-state index in [0.29, 0.717) is 18.4 Å². The second kappa shape index (κ2) is 6.67. The second-order valence-corrected chi connectivity index (χ2v) is 11.8. The fourth-order valence-corrected chi connectivity index (χ4v) is 3.03. The monoisotopic (exact) mass is 378 g/mol. The summed E-state index contributed by atoms with van der Waals surface area (Å²) in [6.45, 7) is 7.68. The zero-order valence-corrected chi connectivity index (χ0v) is 15.3. The fraction of sp³-hybridized carbons (Fsp3) is 0.533. The molecule has 6 heteroatoms. The van der Waals surface area contributed by atoms with E-state index < -0.39 is 20.5 Å². The maximum absolute atomic E-state index is 12.7. The van der Waals surface area contributed by atoms with Gasteiger partial charge in [-0.05, 0) is 54.7 Å². The Bertz CT molecular complexity index is 525. The average Bonchev–Trinajstić information content (AvgIpc) is 2.34. The quantitative estimate of drug-likeness (QED) is 0.569. The van der Waals surface area contributed by atoms with Crippen LogP contribution in [0, 0.1) is 0 Å². The number of Topliss-reactive ketones (excluding diaryl/α,β-unsaturated/α-hetero) is 1. The number of halogens is 3. The van der Waals surface area contributed by atoms with E-state index in [1.807, 2.05) is 26.9 Å². The third kappa shape index (κ3) is 4.69. The lowest BCUT2D eigenvalue weighted by molar-refractivity contribution is 0.0677. The van der Waals surface area contributed by atoms with E-state index in [1.165, 1.54) is 6.07 Å². The van der Waals surface area contributed by atoms with E-state index in [-0.39, 0.29) is 10.6 Å². The summed E-state index contributed by atoms with van der Waals surface area (Å²) >= 11 is 3.30. The first-order valence-corrected chi connectivity index (χ1v) is 10.5. The van der Waals surface area contributed by atoms with Gasteiger partial charge in [0.05, 0.1) is 0 Å². The lowest BCUT2D eigenvalue weighted by Gasteiger charge is -2.35. The molecule has 0 amide bonds. The van der Waals surface area contributed by atoms with Crippen LogP contribution in [0.4, 0.5) is 8.78 Å². The molecule has 0 fully saturated rings. The van der Waals surface area contributed by atoms with Gasteiger partial charge in [0.1, 0.15) is 0 Å². The van der Waals surface area contributed by atoms with E-state index in [0.717, 1.165) is 4.47 Å². The number of benzene rings is 1. The van der Waals surface area contributed by atoms with Crippen molar-refractivity contribution in [1.29, 1.82) is 0 Å². The second-order valence-electron chi connectivity index (χ2n) is 6.41. The van der Waals surface area contributed by atoms with Gasteiger partial charge < -0.3 is 4.80 Å². The van der Waals surface area contributed by atoms with Crippen LogP contribution in [-0.2, 0) is 6.42 Å². The summed E-state index contributed by atoms with van der Waals surface area (Å²) < 4.78 is 26.1. The summed E-state index contributed by atoms with van der Waals surface area (Å²) in [5, 5.41) is -0.263. The van der Waals surface area contributed by atoms with Crippen LogP contribution in [0.1, 0.15) is 36.2 Å². The van der Waals surface area contributed by atoms with Gasteiger partial charge in [-0.3, -0.25) is 4.79 Å². The molecule has 0 spiro atoms. The van der Waals surface area contributed by atoms with Crippen LogP contribution in [0.25, 0.3) is 0 Å². The number of carbonyl (C=O) groups is 1. The molecule has 0 saturated carbocycles. The number of carbonyl (C=O) groups excluding carboxylic acids is 1. The summed E-state index contributed by atoms with van der Waals surface area (Å²) in [4.78, 5) is 21.9. The lowest BCUT2D eigenvalue weighted by Crippen LogP contribution is -2.39. The minimum atomic E-state index is -3.00. The van der Waals surface area contributed by atoms with Crippen molar-refractivity contribution < 1.29 is 18.4 Å². The van der Waals surface area contributed by atoms with Gasteiger partial charge in [0.2, 0.25) is 5.78 Å². The zero-order valence-electron chi connectivity index (χ0n) is 12.7. The summed E-state index contributed by atoms with van der Waals surface area (Å²) in [7, 11) is -2.36. The molecule has 0 unspecified atom stereocenters. The molecular formula is C15H21BrF2O2Si. The van der Waals surface area contributed by atoms with Crippen LogP contribution >= 0.6 is 15.9 Å². The molecule has 0 saturated heterocycles. The van der Waals surface area contributed by atoms with Gasteiger partial charge in [0, 0.05) is 10.0 Å². The highest BCUT2D eigenvalue weighted by atomic mass is 79.9. The van der Waals surface area contributed by atoms with Gasteiger partial charge in [-0.25, -0.2) is 8.78 Å². The van der Waals surface area contributed by atoms with Crippen LogP contribution < -0.4 is 0 Å². The number of aryl methyl sites for hydroxylation is 1. The molecule has 0 heterocycles. The Kier molecular flexibility index (Phi) is 5.86. The van der Waals surface area contributed by atoms with Gasteiger partial charge in [-0.2, -0.15) is 0 Å². The summed E-state index contributed by atoms with van der Waals surface area (Å²) in [5.74, 6) is -1.14. The molecule has 0 aliphatic rings. The standard InChI is InChI=1S/C15H21BrF2O2Si/c1-15(2,21(3,4)20)8-7-10-9-11(16)5-6-12(10)13(19)14(17)18/h5-6,9,14,20H,7-8H2,1-4H3. The van der Waals surface area contributed by atoms with Gasteiger partial charge >= 0.3 is 6.43 Å². The predicted molar refractivity (Wildman–Crippen MR) is 86.5 cm³/mol. The molecule has 0 aliphatic carbocycles. The smallest absolute Gasteiger partial charge is 0.300 e. The topological polar surface area (TPSA) is 37.3 Å². The molecule has 0 bridgehead atoms. The van der Waals surface area contributed by atoms with Crippen LogP contribution in [-0.4, -0.2) is 25.3 Å². The summed E-state index contributed by atoms with van der Waals surface area (Å²) in [6.07, 6.45) is -1.87. The number of hydrogen-bond acceptors (Lipinski definition) is 2. The largest absolute Gasteiger partial charge is 0.432 e. The highest BCUT2D eigenvalue weighted by Crippen LogP contribution is 2.40. The van der Waals surface area contributed by atoms with Crippen LogP contribution in [0.3, 0.4) is 0 Å². The summed E-state index contributed by atoms with van der Waals surface area (Å²) in [5.41, 5.74) is 0.669. The molecule has 1 rings (SSSR count). The minimum absolute atomic E-state index is 0.0708. The van der Waals surface area contributed by atoms with Crippen molar-refractivity contribution in [3.05, 3.63) is 33.8 Å².